The molecule has 2 N–H and O–H groups in total. The van der Waals surface area contributed by atoms with Crippen molar-refractivity contribution >= 4 is 0 Å². The third kappa shape index (κ3) is 3.11. The van der Waals surface area contributed by atoms with Gasteiger partial charge in [-0.25, -0.2) is 0 Å². The first-order chi connectivity index (χ1) is 10.2. The summed E-state index contributed by atoms with van der Waals surface area (Å²) < 4.78 is 6.22. The van der Waals surface area contributed by atoms with Crippen LogP contribution in [0.5, 0.6) is 5.75 Å². The van der Waals surface area contributed by atoms with E-state index >= 15 is 0 Å². The fourth-order valence-electron chi connectivity index (χ4n) is 3.86. The van der Waals surface area contributed by atoms with Gasteiger partial charge in [-0.3, -0.25) is 0 Å². The van der Waals surface area contributed by atoms with Gasteiger partial charge < -0.3 is 10.5 Å². The van der Waals surface area contributed by atoms with Crippen LogP contribution in [-0.4, -0.2) is 13.2 Å². The summed E-state index contributed by atoms with van der Waals surface area (Å²) in [5.74, 6) is 1.87. The van der Waals surface area contributed by atoms with Crippen molar-refractivity contribution in [1.82, 2.24) is 0 Å². The molecule has 2 fully saturated rings. The van der Waals surface area contributed by atoms with Crippen LogP contribution in [-0.2, 0) is 5.41 Å². The second-order valence-electron chi connectivity index (χ2n) is 7.15. The lowest BCUT2D eigenvalue weighted by Crippen LogP contribution is -2.37. The minimum absolute atomic E-state index is 0.152. The number of hydrogen-bond acceptors (Lipinski definition) is 2. The molecule has 0 amide bonds. The molecule has 2 nitrogen and oxygen atoms in total. The highest BCUT2D eigenvalue weighted by Gasteiger charge is 2.35. The van der Waals surface area contributed by atoms with Crippen molar-refractivity contribution in [1.29, 1.82) is 0 Å². The molecule has 1 aromatic rings. The molecule has 2 heteroatoms. The summed E-state index contributed by atoms with van der Waals surface area (Å²) in [4.78, 5) is 0. The summed E-state index contributed by atoms with van der Waals surface area (Å²) in [5.41, 5.74) is 9.08. The number of rotatable bonds is 5. The molecule has 0 aromatic heterocycles. The molecule has 0 radical (unpaired) electrons. The van der Waals surface area contributed by atoms with E-state index in [1.165, 1.54) is 62.5 Å². The van der Waals surface area contributed by atoms with E-state index in [-0.39, 0.29) is 5.41 Å². The van der Waals surface area contributed by atoms with Gasteiger partial charge in [-0.05, 0) is 44.6 Å². The van der Waals surface area contributed by atoms with E-state index in [0.29, 0.717) is 0 Å². The Hall–Kier alpha value is -1.02. The SMILES string of the molecule is Cc1ccc(OCC2CCC2)c(C2(CN)CCCCC2)c1. The molecular weight excluding hydrogens is 258 g/mol. The van der Waals surface area contributed by atoms with Gasteiger partial charge in [0, 0.05) is 17.5 Å². The second-order valence-corrected chi connectivity index (χ2v) is 7.15. The normalized spacial score (nSPS) is 21.8. The van der Waals surface area contributed by atoms with Crippen molar-refractivity contribution in [2.75, 3.05) is 13.2 Å². The van der Waals surface area contributed by atoms with Crippen molar-refractivity contribution in [2.24, 2.45) is 11.7 Å². The first kappa shape index (κ1) is 14.9. The van der Waals surface area contributed by atoms with Crippen molar-refractivity contribution in [3.05, 3.63) is 29.3 Å². The van der Waals surface area contributed by atoms with Gasteiger partial charge in [0.2, 0.25) is 0 Å². The highest BCUT2D eigenvalue weighted by Crippen LogP contribution is 2.43. The van der Waals surface area contributed by atoms with Gasteiger partial charge in [0.1, 0.15) is 5.75 Å². The molecule has 1 aromatic carbocycles. The maximum absolute atomic E-state index is 6.23. The maximum Gasteiger partial charge on any atom is 0.123 e. The van der Waals surface area contributed by atoms with Crippen LogP contribution in [0.3, 0.4) is 0 Å². The first-order valence-electron chi connectivity index (χ1n) is 8.67. The van der Waals surface area contributed by atoms with E-state index in [1.807, 2.05) is 0 Å². The molecule has 0 saturated heterocycles. The summed E-state index contributed by atoms with van der Waals surface area (Å²) in [6, 6.07) is 6.68. The molecule has 0 spiro atoms. The average molecular weight is 287 g/mol. The predicted molar refractivity (Wildman–Crippen MR) is 87.8 cm³/mol. The Kier molecular flexibility index (Phi) is 4.54. The summed E-state index contributed by atoms with van der Waals surface area (Å²) in [5, 5.41) is 0. The molecule has 0 aliphatic heterocycles. The fourth-order valence-corrected chi connectivity index (χ4v) is 3.86. The van der Waals surface area contributed by atoms with Gasteiger partial charge >= 0.3 is 0 Å². The third-order valence-corrected chi connectivity index (χ3v) is 5.61. The van der Waals surface area contributed by atoms with Gasteiger partial charge in [-0.1, -0.05) is 43.4 Å². The smallest absolute Gasteiger partial charge is 0.123 e. The number of ether oxygens (including phenoxy) is 1. The molecule has 3 rings (SSSR count). The highest BCUT2D eigenvalue weighted by atomic mass is 16.5. The Morgan fingerprint density at radius 3 is 2.52 bits per heavy atom. The molecule has 116 valence electrons. The van der Waals surface area contributed by atoms with E-state index < -0.39 is 0 Å². The van der Waals surface area contributed by atoms with E-state index in [0.717, 1.165) is 24.8 Å². The molecule has 0 atom stereocenters. The molecule has 2 aliphatic rings. The van der Waals surface area contributed by atoms with Crippen LogP contribution in [0, 0.1) is 12.8 Å². The predicted octanol–water partition coefficient (Wildman–Crippen LogP) is 4.33. The van der Waals surface area contributed by atoms with Crippen LogP contribution in [0.2, 0.25) is 0 Å². The third-order valence-electron chi connectivity index (χ3n) is 5.61. The van der Waals surface area contributed by atoms with Gasteiger partial charge in [0.15, 0.2) is 0 Å². The van der Waals surface area contributed by atoms with Gasteiger partial charge in [0.25, 0.3) is 0 Å². The van der Waals surface area contributed by atoms with E-state index in [9.17, 15) is 0 Å². The summed E-state index contributed by atoms with van der Waals surface area (Å²) >= 11 is 0. The summed E-state index contributed by atoms with van der Waals surface area (Å²) in [6.07, 6.45) is 10.4. The zero-order chi connectivity index (χ0) is 14.7. The van der Waals surface area contributed by atoms with Gasteiger partial charge in [-0.15, -0.1) is 0 Å². The monoisotopic (exact) mass is 287 g/mol. The van der Waals surface area contributed by atoms with E-state index in [1.54, 1.807) is 0 Å². The van der Waals surface area contributed by atoms with Crippen molar-refractivity contribution < 1.29 is 4.74 Å². The number of nitrogens with two attached hydrogens (primary N) is 1. The molecule has 0 unspecified atom stereocenters. The molecule has 0 bridgehead atoms. The van der Waals surface area contributed by atoms with Crippen LogP contribution in [0.25, 0.3) is 0 Å². The zero-order valence-corrected chi connectivity index (χ0v) is 13.4. The van der Waals surface area contributed by atoms with Crippen molar-refractivity contribution in [3.63, 3.8) is 0 Å². The lowest BCUT2D eigenvalue weighted by molar-refractivity contribution is 0.175. The van der Waals surface area contributed by atoms with Gasteiger partial charge in [0.05, 0.1) is 6.61 Å². The topological polar surface area (TPSA) is 35.2 Å². The van der Waals surface area contributed by atoms with Gasteiger partial charge in [-0.2, -0.15) is 0 Å². The minimum Gasteiger partial charge on any atom is -0.493 e. The molecule has 0 heterocycles. The van der Waals surface area contributed by atoms with Crippen molar-refractivity contribution in [2.45, 2.75) is 63.7 Å². The lowest BCUT2D eigenvalue weighted by Gasteiger charge is -2.38. The Morgan fingerprint density at radius 1 is 1.14 bits per heavy atom. The summed E-state index contributed by atoms with van der Waals surface area (Å²) in [7, 11) is 0. The first-order valence-corrected chi connectivity index (χ1v) is 8.67. The zero-order valence-electron chi connectivity index (χ0n) is 13.4. The standard InChI is InChI=1S/C19H29NO/c1-15-8-9-18(21-13-16-6-5-7-16)17(12-15)19(14-20)10-3-2-4-11-19/h8-9,12,16H,2-7,10-11,13-14,20H2,1H3. The lowest BCUT2D eigenvalue weighted by atomic mass is 9.69. The van der Waals surface area contributed by atoms with Crippen molar-refractivity contribution in [3.8, 4) is 5.75 Å². The van der Waals surface area contributed by atoms with E-state index in [2.05, 4.69) is 25.1 Å². The number of benzene rings is 1. The average Bonchev–Trinajstić information content (AvgIpc) is 2.48. The highest BCUT2D eigenvalue weighted by molar-refractivity contribution is 5.43. The largest absolute Gasteiger partial charge is 0.493 e. The molecule has 2 saturated carbocycles. The van der Waals surface area contributed by atoms with Crippen LogP contribution < -0.4 is 10.5 Å². The van der Waals surface area contributed by atoms with E-state index in [4.69, 9.17) is 10.5 Å². The Morgan fingerprint density at radius 2 is 1.90 bits per heavy atom. The second kappa shape index (κ2) is 6.39. The van der Waals surface area contributed by atoms with Crippen LogP contribution in [0.15, 0.2) is 18.2 Å². The Balaban J connectivity index is 1.85. The minimum atomic E-state index is 0.152. The number of hydrogen-bond donors (Lipinski definition) is 1. The molecular formula is C19H29NO. The molecule has 21 heavy (non-hydrogen) atoms. The van der Waals surface area contributed by atoms with Crippen LogP contribution >= 0.6 is 0 Å². The van der Waals surface area contributed by atoms with Crippen LogP contribution in [0.4, 0.5) is 0 Å². The molecule has 2 aliphatic carbocycles. The Labute approximate surface area is 129 Å². The quantitative estimate of drug-likeness (QED) is 0.874. The maximum atomic E-state index is 6.23. The Bertz CT molecular complexity index is 472. The van der Waals surface area contributed by atoms with Crippen LogP contribution in [0.1, 0.15) is 62.5 Å². The fraction of sp³-hybridized carbons (Fsp3) is 0.684. The summed E-state index contributed by atoms with van der Waals surface area (Å²) in [6.45, 7) is 3.80. The number of aryl methyl sites for hydroxylation is 1.